The van der Waals surface area contributed by atoms with E-state index < -0.39 is 11.9 Å². The number of aryl methyl sites for hydroxylation is 1. The van der Waals surface area contributed by atoms with E-state index in [-0.39, 0.29) is 0 Å². The molecule has 4 heteroatoms. The van der Waals surface area contributed by atoms with Gasteiger partial charge in [-0.2, -0.15) is 0 Å². The summed E-state index contributed by atoms with van der Waals surface area (Å²) in [5.41, 5.74) is 2.91. The summed E-state index contributed by atoms with van der Waals surface area (Å²) >= 11 is 0. The van der Waals surface area contributed by atoms with Gasteiger partial charge in [-0.25, -0.2) is 0 Å². The Morgan fingerprint density at radius 3 is 1.67 bits per heavy atom. The van der Waals surface area contributed by atoms with Crippen molar-refractivity contribution in [2.75, 3.05) is 0 Å². The smallest absolute Gasteiger partial charge is 0.308 e. The van der Waals surface area contributed by atoms with Crippen molar-refractivity contribution in [2.24, 2.45) is 0 Å². The predicted molar refractivity (Wildman–Crippen MR) is 79.2 cm³/mol. The third-order valence-corrected chi connectivity index (χ3v) is 2.79. The number of hydrogen-bond acceptors (Lipinski definition) is 4. The van der Waals surface area contributed by atoms with Crippen molar-refractivity contribution in [2.45, 2.75) is 20.8 Å². The Bertz CT molecular complexity index is 637. The summed E-state index contributed by atoms with van der Waals surface area (Å²) in [4.78, 5) is 22.2. The van der Waals surface area contributed by atoms with Crippen LogP contribution in [-0.2, 0) is 9.59 Å². The van der Waals surface area contributed by atoms with Gasteiger partial charge < -0.3 is 9.47 Å². The Labute approximate surface area is 123 Å². The van der Waals surface area contributed by atoms with Gasteiger partial charge in [0.05, 0.1) is 0 Å². The molecular formula is C17H16O4. The molecule has 0 fully saturated rings. The highest BCUT2D eigenvalue weighted by atomic mass is 16.5. The summed E-state index contributed by atoms with van der Waals surface area (Å²) < 4.78 is 10.2. The van der Waals surface area contributed by atoms with Crippen molar-refractivity contribution in [3.05, 3.63) is 48.0 Å². The van der Waals surface area contributed by atoms with E-state index in [1.807, 2.05) is 31.2 Å². The van der Waals surface area contributed by atoms with Crippen LogP contribution in [0.2, 0.25) is 0 Å². The van der Waals surface area contributed by atoms with Crippen LogP contribution >= 0.6 is 0 Å². The average Bonchev–Trinajstić information content (AvgIpc) is 2.37. The summed E-state index contributed by atoms with van der Waals surface area (Å²) in [5, 5.41) is 0. The molecule has 0 aromatic heterocycles. The lowest BCUT2D eigenvalue weighted by Gasteiger charge is -2.09. The number of benzene rings is 2. The number of carbonyl (C=O) groups is 2. The summed E-state index contributed by atoms with van der Waals surface area (Å²) in [7, 11) is 0. The minimum Gasteiger partial charge on any atom is -0.427 e. The first-order valence-electron chi connectivity index (χ1n) is 6.53. The lowest BCUT2D eigenvalue weighted by molar-refractivity contribution is -0.132. The molecule has 0 heterocycles. The maximum absolute atomic E-state index is 11.1. The molecule has 0 atom stereocenters. The third kappa shape index (κ3) is 4.18. The van der Waals surface area contributed by atoms with Gasteiger partial charge in [-0.05, 0) is 30.2 Å². The molecule has 108 valence electrons. The largest absolute Gasteiger partial charge is 0.427 e. The summed E-state index contributed by atoms with van der Waals surface area (Å²) in [5.74, 6) is -0.164. The van der Waals surface area contributed by atoms with Crippen molar-refractivity contribution in [1.29, 1.82) is 0 Å². The van der Waals surface area contributed by atoms with Gasteiger partial charge in [0.15, 0.2) is 0 Å². The molecule has 21 heavy (non-hydrogen) atoms. The first-order chi connectivity index (χ1) is 9.94. The normalized spacial score (nSPS) is 10.0. The van der Waals surface area contributed by atoms with Gasteiger partial charge in [0.1, 0.15) is 11.5 Å². The molecule has 0 saturated heterocycles. The van der Waals surface area contributed by atoms with Crippen LogP contribution in [0.15, 0.2) is 42.5 Å². The quantitative estimate of drug-likeness (QED) is 0.639. The Morgan fingerprint density at radius 1 is 0.762 bits per heavy atom. The van der Waals surface area contributed by atoms with Crippen molar-refractivity contribution in [1.82, 2.24) is 0 Å². The fourth-order valence-corrected chi connectivity index (χ4v) is 1.93. The predicted octanol–water partition coefficient (Wildman–Crippen LogP) is 3.51. The second-order valence-corrected chi connectivity index (χ2v) is 4.75. The van der Waals surface area contributed by atoms with Crippen molar-refractivity contribution in [3.8, 4) is 22.6 Å². The van der Waals surface area contributed by atoms with E-state index in [4.69, 9.17) is 9.47 Å². The van der Waals surface area contributed by atoms with Crippen LogP contribution in [0.5, 0.6) is 11.5 Å². The SMILES string of the molecule is CC(=O)Oc1cc(OC(C)=O)cc(-c2ccc(C)cc2)c1. The highest BCUT2D eigenvalue weighted by Gasteiger charge is 2.08. The zero-order valence-electron chi connectivity index (χ0n) is 12.2. The first kappa shape index (κ1) is 14.8. The summed E-state index contributed by atoms with van der Waals surface area (Å²) in [6.45, 7) is 4.65. The molecular weight excluding hydrogens is 268 g/mol. The van der Waals surface area contributed by atoms with Crippen LogP contribution < -0.4 is 9.47 Å². The Kier molecular flexibility index (Phi) is 4.38. The molecule has 0 spiro atoms. The minimum absolute atomic E-state index is 0.344. The fraction of sp³-hybridized carbons (Fsp3) is 0.176. The average molecular weight is 284 g/mol. The highest BCUT2D eigenvalue weighted by molar-refractivity contribution is 5.74. The van der Waals surface area contributed by atoms with Crippen LogP contribution in [0.1, 0.15) is 19.4 Å². The molecule has 0 amide bonds. The Balaban J connectivity index is 2.45. The zero-order chi connectivity index (χ0) is 15.4. The lowest BCUT2D eigenvalue weighted by Crippen LogP contribution is -2.04. The molecule has 0 saturated carbocycles. The number of esters is 2. The van der Waals surface area contributed by atoms with E-state index in [0.29, 0.717) is 11.5 Å². The van der Waals surface area contributed by atoms with Gasteiger partial charge in [-0.1, -0.05) is 29.8 Å². The number of ether oxygens (including phenoxy) is 2. The molecule has 0 bridgehead atoms. The second kappa shape index (κ2) is 6.22. The molecule has 0 aliphatic carbocycles. The highest BCUT2D eigenvalue weighted by Crippen LogP contribution is 2.30. The number of rotatable bonds is 3. The van der Waals surface area contributed by atoms with Crippen LogP contribution in [0.3, 0.4) is 0 Å². The molecule has 0 radical (unpaired) electrons. The standard InChI is InChI=1S/C17H16O4/c1-11-4-6-14(7-5-11)15-8-16(20-12(2)18)10-17(9-15)21-13(3)19/h4-10H,1-3H3. The van der Waals surface area contributed by atoms with Gasteiger partial charge in [-0.15, -0.1) is 0 Å². The van der Waals surface area contributed by atoms with E-state index in [9.17, 15) is 9.59 Å². The molecule has 4 nitrogen and oxygen atoms in total. The van der Waals surface area contributed by atoms with Gasteiger partial charge in [0, 0.05) is 19.9 Å². The van der Waals surface area contributed by atoms with Gasteiger partial charge >= 0.3 is 11.9 Å². The minimum atomic E-state index is -0.426. The van der Waals surface area contributed by atoms with E-state index >= 15 is 0 Å². The monoisotopic (exact) mass is 284 g/mol. The van der Waals surface area contributed by atoms with Gasteiger partial charge in [0.25, 0.3) is 0 Å². The molecule has 0 aliphatic rings. The third-order valence-electron chi connectivity index (χ3n) is 2.79. The van der Waals surface area contributed by atoms with Crippen LogP contribution in [0.25, 0.3) is 11.1 Å². The number of hydrogen-bond donors (Lipinski definition) is 0. The van der Waals surface area contributed by atoms with Gasteiger partial charge in [0.2, 0.25) is 0 Å². The maximum atomic E-state index is 11.1. The first-order valence-corrected chi connectivity index (χ1v) is 6.53. The van der Waals surface area contributed by atoms with Crippen LogP contribution in [0, 0.1) is 6.92 Å². The number of carbonyl (C=O) groups excluding carboxylic acids is 2. The maximum Gasteiger partial charge on any atom is 0.308 e. The van der Waals surface area contributed by atoms with E-state index in [2.05, 4.69) is 0 Å². The molecule has 2 rings (SSSR count). The molecule has 0 aliphatic heterocycles. The Hall–Kier alpha value is -2.62. The molecule has 0 unspecified atom stereocenters. The van der Waals surface area contributed by atoms with Crippen LogP contribution in [-0.4, -0.2) is 11.9 Å². The lowest BCUT2D eigenvalue weighted by atomic mass is 10.0. The second-order valence-electron chi connectivity index (χ2n) is 4.75. The van der Waals surface area contributed by atoms with E-state index in [0.717, 1.165) is 16.7 Å². The molecule has 2 aromatic carbocycles. The van der Waals surface area contributed by atoms with E-state index in [1.54, 1.807) is 12.1 Å². The summed E-state index contributed by atoms with van der Waals surface area (Å²) in [6.07, 6.45) is 0. The van der Waals surface area contributed by atoms with Crippen molar-refractivity contribution < 1.29 is 19.1 Å². The van der Waals surface area contributed by atoms with Crippen molar-refractivity contribution >= 4 is 11.9 Å². The fourth-order valence-electron chi connectivity index (χ4n) is 1.93. The molecule has 2 aromatic rings. The van der Waals surface area contributed by atoms with Gasteiger partial charge in [-0.3, -0.25) is 9.59 Å². The van der Waals surface area contributed by atoms with Crippen LogP contribution in [0.4, 0.5) is 0 Å². The molecule has 0 N–H and O–H groups in total. The zero-order valence-corrected chi connectivity index (χ0v) is 12.2. The Morgan fingerprint density at radius 2 is 1.24 bits per heavy atom. The van der Waals surface area contributed by atoms with Crippen molar-refractivity contribution in [3.63, 3.8) is 0 Å². The van der Waals surface area contributed by atoms with E-state index in [1.165, 1.54) is 19.9 Å². The topological polar surface area (TPSA) is 52.6 Å². The summed E-state index contributed by atoms with van der Waals surface area (Å²) in [6, 6.07) is 12.9.